The molecule has 1 saturated heterocycles. The van der Waals surface area contributed by atoms with Gasteiger partial charge in [0.05, 0.1) is 11.8 Å². The van der Waals surface area contributed by atoms with E-state index < -0.39 is 0 Å². The Kier molecular flexibility index (Phi) is 5.39. The first-order valence-electron chi connectivity index (χ1n) is 5.46. The first-order chi connectivity index (χ1) is 8.24. The fourth-order valence-electron chi connectivity index (χ4n) is 1.70. The summed E-state index contributed by atoms with van der Waals surface area (Å²) in [4.78, 5) is 22.8. The van der Waals surface area contributed by atoms with Crippen LogP contribution in [-0.2, 0) is 20.7 Å². The molecular formula is C11H16N2O4. The van der Waals surface area contributed by atoms with Gasteiger partial charge in [-0.3, -0.25) is 0 Å². The quantitative estimate of drug-likeness (QED) is 0.780. The number of methoxy groups -OCH3 is 1. The van der Waals surface area contributed by atoms with Crippen LogP contribution >= 0.6 is 0 Å². The predicted octanol–water partition coefficient (Wildman–Crippen LogP) is 0.879. The van der Waals surface area contributed by atoms with E-state index in [2.05, 4.69) is 16.8 Å². The molecule has 0 unspecified atom stereocenters. The van der Waals surface area contributed by atoms with Gasteiger partial charge >= 0.3 is 6.15 Å². The van der Waals surface area contributed by atoms with E-state index in [0.29, 0.717) is 6.10 Å². The van der Waals surface area contributed by atoms with Crippen molar-refractivity contribution in [2.75, 3.05) is 25.1 Å². The van der Waals surface area contributed by atoms with Gasteiger partial charge in [-0.05, 0) is 12.8 Å². The number of aryl methyl sites for hydroxylation is 1. The Morgan fingerprint density at radius 3 is 2.82 bits per heavy atom. The smallest absolute Gasteiger partial charge is 0.373 e. The summed E-state index contributed by atoms with van der Waals surface area (Å²) in [5.74, 6) is 0. The average Bonchev–Trinajstić information content (AvgIpc) is 2.98. The molecule has 1 atom stereocenters. The Bertz CT molecular complexity index is 371. The van der Waals surface area contributed by atoms with Crippen LogP contribution in [0.1, 0.15) is 19.0 Å². The van der Waals surface area contributed by atoms with Crippen LogP contribution in [-0.4, -0.2) is 37.4 Å². The number of hydrogen-bond donors (Lipinski definition) is 0. The molecule has 0 bridgehead atoms. The number of nitrogens with zero attached hydrogens (tertiary/aromatic N) is 2. The standard InChI is InChI=1S/C10H16N2O2.CO2/c1-3-8-7-14-10(11-8)12-5-4-9(6-12)13-2;2-1-3/h7,9H,3-6H2,1-2H3;/t9-;/m0./s1. The molecule has 0 radical (unpaired) electrons. The lowest BCUT2D eigenvalue weighted by Gasteiger charge is -2.12. The molecule has 94 valence electrons. The second-order valence-corrected chi connectivity index (χ2v) is 3.65. The molecule has 0 aromatic carbocycles. The number of carbonyl (C=O) groups excluding carboxylic acids is 2. The van der Waals surface area contributed by atoms with Gasteiger partial charge in [-0.15, -0.1) is 0 Å². The maximum absolute atomic E-state index is 8.12. The van der Waals surface area contributed by atoms with E-state index in [9.17, 15) is 0 Å². The van der Waals surface area contributed by atoms with E-state index in [-0.39, 0.29) is 6.15 Å². The van der Waals surface area contributed by atoms with Gasteiger partial charge in [-0.1, -0.05) is 6.92 Å². The maximum Gasteiger partial charge on any atom is 0.373 e. The van der Waals surface area contributed by atoms with E-state index in [1.807, 2.05) is 0 Å². The summed E-state index contributed by atoms with van der Waals surface area (Å²) in [6.07, 6.45) is 4.29. The Morgan fingerprint density at radius 1 is 1.65 bits per heavy atom. The highest BCUT2D eigenvalue weighted by Crippen LogP contribution is 2.20. The van der Waals surface area contributed by atoms with Crippen molar-refractivity contribution in [1.29, 1.82) is 0 Å². The molecule has 6 heteroatoms. The molecule has 1 aliphatic heterocycles. The van der Waals surface area contributed by atoms with Crippen molar-refractivity contribution < 1.29 is 18.7 Å². The number of anilines is 1. The molecule has 0 spiro atoms. The molecule has 0 aliphatic carbocycles. The monoisotopic (exact) mass is 240 g/mol. The average molecular weight is 240 g/mol. The third-order valence-electron chi connectivity index (χ3n) is 2.65. The maximum atomic E-state index is 8.12. The van der Waals surface area contributed by atoms with E-state index in [1.54, 1.807) is 13.4 Å². The van der Waals surface area contributed by atoms with Crippen LogP contribution in [0.2, 0.25) is 0 Å². The summed E-state index contributed by atoms with van der Waals surface area (Å²) in [7, 11) is 1.75. The van der Waals surface area contributed by atoms with E-state index in [1.165, 1.54) is 0 Å². The van der Waals surface area contributed by atoms with Crippen molar-refractivity contribution in [3.8, 4) is 0 Å². The van der Waals surface area contributed by atoms with Crippen LogP contribution in [0.25, 0.3) is 0 Å². The topological polar surface area (TPSA) is 72.6 Å². The molecule has 1 aromatic rings. The van der Waals surface area contributed by atoms with Gasteiger partial charge in [0.2, 0.25) is 0 Å². The summed E-state index contributed by atoms with van der Waals surface area (Å²) >= 11 is 0. The summed E-state index contributed by atoms with van der Waals surface area (Å²) < 4.78 is 10.7. The molecule has 1 aromatic heterocycles. The second kappa shape index (κ2) is 6.83. The van der Waals surface area contributed by atoms with Crippen molar-refractivity contribution in [2.45, 2.75) is 25.9 Å². The molecule has 1 aliphatic rings. The fourth-order valence-corrected chi connectivity index (χ4v) is 1.70. The van der Waals surface area contributed by atoms with Crippen molar-refractivity contribution >= 4 is 12.2 Å². The lowest BCUT2D eigenvalue weighted by atomic mass is 10.3. The lowest BCUT2D eigenvalue weighted by molar-refractivity contribution is -0.191. The zero-order chi connectivity index (χ0) is 12.7. The highest BCUT2D eigenvalue weighted by atomic mass is 16.5. The molecule has 2 rings (SSSR count). The van der Waals surface area contributed by atoms with Crippen LogP contribution in [0, 0.1) is 0 Å². The van der Waals surface area contributed by atoms with Gasteiger partial charge in [0.15, 0.2) is 0 Å². The summed E-state index contributed by atoms with van der Waals surface area (Å²) in [6.45, 7) is 3.94. The molecule has 0 saturated carbocycles. The minimum absolute atomic E-state index is 0.250. The number of oxazole rings is 1. The number of hydrogen-bond acceptors (Lipinski definition) is 6. The molecule has 17 heavy (non-hydrogen) atoms. The highest BCUT2D eigenvalue weighted by Gasteiger charge is 2.25. The SMILES string of the molecule is CCc1coc(N2CC[C@H](OC)C2)n1.O=C=O. The molecule has 0 amide bonds. The van der Waals surface area contributed by atoms with E-state index in [0.717, 1.165) is 37.6 Å². The molecular weight excluding hydrogens is 224 g/mol. The van der Waals surface area contributed by atoms with Gasteiger partial charge in [-0.2, -0.15) is 14.6 Å². The predicted molar refractivity (Wildman–Crippen MR) is 58.5 cm³/mol. The van der Waals surface area contributed by atoms with Crippen molar-refractivity contribution in [1.82, 2.24) is 4.98 Å². The normalized spacial score (nSPS) is 18.5. The first kappa shape index (κ1) is 13.4. The summed E-state index contributed by atoms with van der Waals surface area (Å²) in [6, 6.07) is 0.737. The number of ether oxygens (including phenoxy) is 1. The Morgan fingerprint density at radius 2 is 2.35 bits per heavy atom. The van der Waals surface area contributed by atoms with Crippen molar-refractivity contribution in [2.24, 2.45) is 0 Å². The molecule has 1 fully saturated rings. The molecule has 2 heterocycles. The zero-order valence-corrected chi connectivity index (χ0v) is 10.0. The number of aromatic nitrogens is 1. The van der Waals surface area contributed by atoms with Gasteiger partial charge < -0.3 is 14.1 Å². The second-order valence-electron chi connectivity index (χ2n) is 3.65. The number of rotatable bonds is 3. The largest absolute Gasteiger partial charge is 0.432 e. The van der Waals surface area contributed by atoms with E-state index in [4.69, 9.17) is 18.7 Å². The molecule has 6 nitrogen and oxygen atoms in total. The van der Waals surface area contributed by atoms with E-state index >= 15 is 0 Å². The lowest BCUT2D eigenvalue weighted by Crippen LogP contribution is -2.22. The minimum Gasteiger partial charge on any atom is -0.432 e. The Hall–Kier alpha value is -1.65. The van der Waals surface area contributed by atoms with Crippen LogP contribution in [0.4, 0.5) is 6.01 Å². The van der Waals surface area contributed by atoms with Gasteiger partial charge in [0.1, 0.15) is 6.26 Å². The Balaban J connectivity index is 0.000000437. The van der Waals surface area contributed by atoms with Crippen molar-refractivity contribution in [3.63, 3.8) is 0 Å². The minimum atomic E-state index is 0.250. The van der Waals surface area contributed by atoms with Gasteiger partial charge in [-0.25, -0.2) is 0 Å². The van der Waals surface area contributed by atoms with Crippen LogP contribution < -0.4 is 4.90 Å². The zero-order valence-electron chi connectivity index (χ0n) is 10.0. The Labute approximate surface area is 99.6 Å². The van der Waals surface area contributed by atoms with Crippen LogP contribution in [0.3, 0.4) is 0 Å². The fraction of sp³-hybridized carbons (Fsp3) is 0.636. The van der Waals surface area contributed by atoms with Crippen LogP contribution in [0.5, 0.6) is 0 Å². The third kappa shape index (κ3) is 3.69. The molecule has 0 N–H and O–H groups in total. The third-order valence-corrected chi connectivity index (χ3v) is 2.65. The van der Waals surface area contributed by atoms with Crippen molar-refractivity contribution in [3.05, 3.63) is 12.0 Å². The highest BCUT2D eigenvalue weighted by molar-refractivity contribution is 5.29. The van der Waals surface area contributed by atoms with Gasteiger partial charge in [0, 0.05) is 20.2 Å². The van der Waals surface area contributed by atoms with Gasteiger partial charge in [0.25, 0.3) is 6.01 Å². The summed E-state index contributed by atoms with van der Waals surface area (Å²) in [5, 5.41) is 0. The first-order valence-corrected chi connectivity index (χ1v) is 5.46. The summed E-state index contributed by atoms with van der Waals surface area (Å²) in [5.41, 5.74) is 1.01. The van der Waals surface area contributed by atoms with Crippen LogP contribution in [0.15, 0.2) is 10.7 Å².